The number of benzene rings is 1. The molecule has 19 heavy (non-hydrogen) atoms. The minimum Gasteiger partial charge on any atom is -0.399 e. The molecule has 2 aromatic rings. The van der Waals surface area contributed by atoms with Crippen molar-refractivity contribution in [2.75, 3.05) is 10.5 Å². The van der Waals surface area contributed by atoms with Gasteiger partial charge in [-0.1, -0.05) is 6.92 Å². The molecule has 0 unspecified atom stereocenters. The van der Waals surface area contributed by atoms with Crippen LogP contribution in [0, 0.1) is 5.82 Å². The van der Waals surface area contributed by atoms with Gasteiger partial charge in [0.2, 0.25) is 0 Å². The molecule has 0 aliphatic heterocycles. The first-order chi connectivity index (χ1) is 8.92. The maximum Gasteiger partial charge on any atom is 0.263 e. The van der Waals surface area contributed by atoms with Crippen LogP contribution in [0.25, 0.3) is 0 Å². The number of nitrogens with one attached hydrogen (secondary N) is 2. The first kappa shape index (κ1) is 13.3. The van der Waals surface area contributed by atoms with Gasteiger partial charge in [-0.05, 0) is 24.6 Å². The maximum absolute atomic E-state index is 13.2. The molecule has 0 bridgehead atoms. The highest BCUT2D eigenvalue weighted by Crippen LogP contribution is 2.20. The third-order valence-corrected chi connectivity index (χ3v) is 3.87. The Morgan fingerprint density at radius 1 is 1.42 bits per heavy atom. The molecule has 2 rings (SSSR count). The van der Waals surface area contributed by atoms with Crippen LogP contribution in [0.5, 0.6) is 0 Å². The maximum atomic E-state index is 13.2. The van der Waals surface area contributed by atoms with Crippen molar-refractivity contribution in [1.29, 1.82) is 0 Å². The third kappa shape index (κ3) is 2.84. The van der Waals surface area contributed by atoms with E-state index >= 15 is 0 Å². The number of H-pyrrole nitrogens is 1. The molecule has 4 N–H and O–H groups in total. The first-order valence-corrected chi connectivity index (χ1v) is 7.02. The molecule has 102 valence electrons. The molecular formula is C11H13FN4O2S. The fourth-order valence-electron chi connectivity index (χ4n) is 1.60. The second-order valence-electron chi connectivity index (χ2n) is 3.95. The molecule has 0 aliphatic rings. The van der Waals surface area contributed by atoms with Gasteiger partial charge in [-0.25, -0.2) is 12.8 Å². The van der Waals surface area contributed by atoms with Crippen LogP contribution in [0.4, 0.5) is 15.9 Å². The Balaban J connectivity index is 2.38. The van der Waals surface area contributed by atoms with E-state index in [1.165, 1.54) is 12.3 Å². The first-order valence-electron chi connectivity index (χ1n) is 5.53. The van der Waals surface area contributed by atoms with Crippen LogP contribution in [0.15, 0.2) is 29.3 Å². The summed E-state index contributed by atoms with van der Waals surface area (Å²) in [6.45, 7) is 1.86. The van der Waals surface area contributed by atoms with Crippen LogP contribution < -0.4 is 10.5 Å². The Labute approximate surface area is 109 Å². The molecule has 1 heterocycles. The molecule has 0 atom stereocenters. The monoisotopic (exact) mass is 284 g/mol. The summed E-state index contributed by atoms with van der Waals surface area (Å²) >= 11 is 0. The number of sulfonamides is 1. The van der Waals surface area contributed by atoms with E-state index in [-0.39, 0.29) is 16.4 Å². The van der Waals surface area contributed by atoms with Gasteiger partial charge in [-0.2, -0.15) is 5.10 Å². The number of anilines is 2. The minimum absolute atomic E-state index is 0.0423. The summed E-state index contributed by atoms with van der Waals surface area (Å²) in [5, 5.41) is 6.30. The lowest BCUT2D eigenvalue weighted by molar-refractivity contribution is 0.595. The zero-order valence-electron chi connectivity index (χ0n) is 10.1. The number of halogens is 1. The lowest BCUT2D eigenvalue weighted by atomic mass is 10.3. The number of hydrogen-bond donors (Lipinski definition) is 3. The summed E-state index contributed by atoms with van der Waals surface area (Å²) in [5.74, 6) is -0.439. The van der Waals surface area contributed by atoms with E-state index in [2.05, 4.69) is 14.9 Å². The summed E-state index contributed by atoms with van der Waals surface area (Å²) in [6.07, 6.45) is 2.14. The Hall–Kier alpha value is -2.09. The molecule has 0 spiro atoms. The van der Waals surface area contributed by atoms with E-state index in [9.17, 15) is 12.8 Å². The van der Waals surface area contributed by atoms with Gasteiger partial charge in [0, 0.05) is 11.3 Å². The zero-order chi connectivity index (χ0) is 14.0. The molecule has 0 aliphatic carbocycles. The number of aromatic amines is 1. The van der Waals surface area contributed by atoms with Crippen molar-refractivity contribution in [2.45, 2.75) is 18.2 Å². The minimum atomic E-state index is -3.90. The smallest absolute Gasteiger partial charge is 0.263 e. The Morgan fingerprint density at radius 2 is 2.16 bits per heavy atom. The van der Waals surface area contributed by atoms with E-state index in [4.69, 9.17) is 5.73 Å². The molecular weight excluding hydrogens is 271 g/mol. The highest BCUT2D eigenvalue weighted by molar-refractivity contribution is 7.92. The average Bonchev–Trinajstić information content (AvgIpc) is 2.74. The molecule has 6 nitrogen and oxygen atoms in total. The summed E-state index contributed by atoms with van der Waals surface area (Å²) in [4.78, 5) is -0.235. The summed E-state index contributed by atoms with van der Waals surface area (Å²) < 4.78 is 39.7. The van der Waals surface area contributed by atoms with Crippen molar-refractivity contribution in [2.24, 2.45) is 0 Å². The van der Waals surface area contributed by atoms with Gasteiger partial charge in [0.25, 0.3) is 10.0 Å². The van der Waals surface area contributed by atoms with Crippen LogP contribution in [-0.4, -0.2) is 18.6 Å². The molecule has 1 aromatic carbocycles. The quantitative estimate of drug-likeness (QED) is 0.740. The van der Waals surface area contributed by atoms with Crippen molar-refractivity contribution >= 4 is 21.5 Å². The highest BCUT2D eigenvalue weighted by atomic mass is 32.2. The molecule has 0 amide bonds. The van der Waals surface area contributed by atoms with Crippen molar-refractivity contribution < 1.29 is 12.8 Å². The lowest BCUT2D eigenvalue weighted by Gasteiger charge is -2.08. The van der Waals surface area contributed by atoms with Crippen molar-refractivity contribution in [3.05, 3.63) is 35.8 Å². The van der Waals surface area contributed by atoms with Gasteiger partial charge in [-0.15, -0.1) is 0 Å². The molecule has 0 radical (unpaired) electrons. The Morgan fingerprint density at radius 3 is 2.79 bits per heavy atom. The highest BCUT2D eigenvalue weighted by Gasteiger charge is 2.18. The van der Waals surface area contributed by atoms with Gasteiger partial charge in [-0.3, -0.25) is 9.82 Å². The molecule has 1 aromatic heterocycles. The van der Waals surface area contributed by atoms with E-state index in [1.807, 2.05) is 6.92 Å². The predicted molar refractivity (Wildman–Crippen MR) is 69.6 cm³/mol. The van der Waals surface area contributed by atoms with Crippen LogP contribution >= 0.6 is 0 Å². The number of rotatable bonds is 4. The average molecular weight is 284 g/mol. The number of aryl methyl sites for hydroxylation is 1. The van der Waals surface area contributed by atoms with Gasteiger partial charge >= 0.3 is 0 Å². The molecule has 0 fully saturated rings. The molecule has 0 saturated heterocycles. The second kappa shape index (κ2) is 4.88. The predicted octanol–water partition coefficient (Wildman–Crippen LogP) is 1.49. The third-order valence-electron chi connectivity index (χ3n) is 2.54. The van der Waals surface area contributed by atoms with Crippen molar-refractivity contribution in [3.8, 4) is 0 Å². The van der Waals surface area contributed by atoms with E-state index in [0.29, 0.717) is 12.0 Å². The Bertz CT molecular complexity index is 676. The summed E-state index contributed by atoms with van der Waals surface area (Å²) in [5.41, 5.74) is 6.19. The van der Waals surface area contributed by atoms with E-state index < -0.39 is 15.8 Å². The van der Waals surface area contributed by atoms with Crippen LogP contribution in [0.2, 0.25) is 0 Å². The summed E-state index contributed by atoms with van der Waals surface area (Å²) in [6, 6.07) is 3.14. The standard InChI is InChI=1S/C11H13FN4O2S/c1-2-7-6-14-15-11(7)16-19(17,18)10-4-8(12)3-9(13)5-10/h3-6H,2,13H2,1H3,(H2,14,15,16). The van der Waals surface area contributed by atoms with Crippen LogP contribution in [0.1, 0.15) is 12.5 Å². The van der Waals surface area contributed by atoms with Crippen LogP contribution in [-0.2, 0) is 16.4 Å². The zero-order valence-corrected chi connectivity index (χ0v) is 11.0. The van der Waals surface area contributed by atoms with Gasteiger partial charge < -0.3 is 5.73 Å². The molecule has 8 heteroatoms. The van der Waals surface area contributed by atoms with Crippen molar-refractivity contribution in [3.63, 3.8) is 0 Å². The number of aromatic nitrogens is 2. The van der Waals surface area contributed by atoms with Crippen LogP contribution in [0.3, 0.4) is 0 Å². The van der Waals surface area contributed by atoms with E-state index in [1.54, 1.807) is 0 Å². The van der Waals surface area contributed by atoms with Gasteiger partial charge in [0.1, 0.15) is 11.6 Å². The number of nitrogen functional groups attached to an aromatic ring is 1. The normalized spacial score (nSPS) is 11.5. The topological polar surface area (TPSA) is 101 Å². The fourth-order valence-corrected chi connectivity index (χ4v) is 2.72. The van der Waals surface area contributed by atoms with Gasteiger partial charge in [0.05, 0.1) is 11.1 Å². The SMILES string of the molecule is CCc1cn[nH]c1NS(=O)(=O)c1cc(N)cc(F)c1. The summed E-state index contributed by atoms with van der Waals surface area (Å²) in [7, 11) is -3.90. The van der Waals surface area contributed by atoms with Gasteiger partial charge in [0.15, 0.2) is 0 Å². The number of nitrogens with zero attached hydrogens (tertiary/aromatic N) is 1. The molecule has 0 saturated carbocycles. The number of hydrogen-bond acceptors (Lipinski definition) is 4. The Kier molecular flexibility index (Phi) is 3.43. The number of nitrogens with two attached hydrogens (primary N) is 1. The second-order valence-corrected chi connectivity index (χ2v) is 5.63. The fraction of sp³-hybridized carbons (Fsp3) is 0.182. The lowest BCUT2D eigenvalue weighted by Crippen LogP contribution is -2.15. The largest absolute Gasteiger partial charge is 0.399 e. The van der Waals surface area contributed by atoms with Crippen molar-refractivity contribution in [1.82, 2.24) is 10.2 Å². The van der Waals surface area contributed by atoms with E-state index in [0.717, 1.165) is 12.1 Å².